The molecule has 6 atom stereocenters. The second-order valence-electron chi connectivity index (χ2n) is 7.06. The van der Waals surface area contributed by atoms with Gasteiger partial charge < -0.3 is 34.1 Å². The maximum atomic E-state index is 13.5. The van der Waals surface area contributed by atoms with E-state index < -0.39 is 40.6 Å². The molecule has 12 nitrogen and oxygen atoms in total. The zero-order valence-electron chi connectivity index (χ0n) is 16.7. The summed E-state index contributed by atoms with van der Waals surface area (Å²) in [5.74, 6) is 0. The topological polar surface area (TPSA) is 133 Å². The lowest BCUT2D eigenvalue weighted by molar-refractivity contribution is -0.180. The quantitative estimate of drug-likeness (QED) is 0.374. The minimum absolute atomic E-state index is 0.00245. The van der Waals surface area contributed by atoms with Crippen LogP contribution in [0.5, 0.6) is 0 Å². The lowest BCUT2D eigenvalue weighted by Gasteiger charge is -2.41. The third kappa shape index (κ3) is 6.80. The van der Waals surface area contributed by atoms with E-state index in [2.05, 4.69) is 5.32 Å². The van der Waals surface area contributed by atoms with E-state index in [-0.39, 0.29) is 26.3 Å². The van der Waals surface area contributed by atoms with E-state index in [4.69, 9.17) is 18.5 Å². The smallest absolute Gasteiger partial charge is 0.345 e. The molecular weight excluding hydrogens is 414 g/mol. The van der Waals surface area contributed by atoms with Gasteiger partial charge in [-0.25, -0.2) is 14.0 Å². The molecule has 0 bridgehead atoms. The summed E-state index contributed by atoms with van der Waals surface area (Å²) >= 11 is 0. The maximum absolute atomic E-state index is 13.5. The molecule has 2 heterocycles. The summed E-state index contributed by atoms with van der Waals surface area (Å²) in [6.45, 7) is 0.935. The van der Waals surface area contributed by atoms with Gasteiger partial charge in [0.1, 0.15) is 0 Å². The van der Waals surface area contributed by atoms with Crippen molar-refractivity contribution in [2.75, 3.05) is 67.6 Å². The molecule has 2 aliphatic heterocycles. The van der Waals surface area contributed by atoms with Crippen LogP contribution in [-0.2, 0) is 27.7 Å². The minimum Gasteiger partial charge on any atom is -0.367 e. The van der Waals surface area contributed by atoms with Crippen LogP contribution in [0.3, 0.4) is 0 Å². The van der Waals surface area contributed by atoms with Gasteiger partial charge in [0.05, 0.1) is 32.0 Å². The van der Waals surface area contributed by atoms with E-state index >= 15 is 0 Å². The molecule has 0 aromatic rings. The van der Waals surface area contributed by atoms with Crippen LogP contribution in [-0.4, -0.2) is 117 Å². The largest absolute Gasteiger partial charge is 0.367 e. The molecule has 0 amide bonds. The first-order valence-electron chi connectivity index (χ1n) is 9.01. The summed E-state index contributed by atoms with van der Waals surface area (Å²) < 4.78 is 51.6. The van der Waals surface area contributed by atoms with Gasteiger partial charge in [-0.05, 0) is 28.2 Å². The fourth-order valence-corrected chi connectivity index (χ4v) is 5.39. The van der Waals surface area contributed by atoms with E-state index in [1.807, 2.05) is 0 Å². The zero-order valence-corrected chi connectivity index (χ0v) is 18.6. The molecule has 2 saturated heterocycles. The second kappa shape index (κ2) is 10.9. The van der Waals surface area contributed by atoms with Crippen LogP contribution >= 0.6 is 15.8 Å². The molecule has 2 unspecified atom stereocenters. The summed E-state index contributed by atoms with van der Waals surface area (Å²) in [6, 6.07) is 0. The predicted octanol–water partition coefficient (Wildman–Crippen LogP) is -1.03. The van der Waals surface area contributed by atoms with Gasteiger partial charge in [0.2, 0.25) is 0 Å². The Kier molecular flexibility index (Phi) is 9.47. The van der Waals surface area contributed by atoms with Crippen molar-refractivity contribution in [2.24, 2.45) is 0 Å². The highest BCUT2D eigenvalue weighted by Crippen LogP contribution is 2.53. The number of aliphatic hydroxyl groups excluding tert-OH is 2. The number of aliphatic hydroxyl groups is 2. The van der Waals surface area contributed by atoms with Crippen LogP contribution in [0.25, 0.3) is 0 Å². The normalized spacial score (nSPS) is 33.1. The van der Waals surface area contributed by atoms with Gasteiger partial charge in [-0.2, -0.15) is 0 Å². The number of nitrogens with zero attached hydrogens (tertiary/aromatic N) is 3. The molecule has 28 heavy (non-hydrogen) atoms. The first-order chi connectivity index (χ1) is 13.1. The molecule has 0 saturated carbocycles. The number of hydrogen-bond donors (Lipinski definition) is 3. The Morgan fingerprint density at radius 2 is 1.79 bits per heavy atom. The van der Waals surface area contributed by atoms with Crippen molar-refractivity contribution >= 4 is 15.8 Å². The summed E-state index contributed by atoms with van der Waals surface area (Å²) in [5, 5.41) is 22.6. The summed E-state index contributed by atoms with van der Waals surface area (Å²) in [7, 11) is 0.642. The fourth-order valence-electron chi connectivity index (χ4n) is 2.80. The third-order valence-electron chi connectivity index (χ3n) is 4.22. The van der Waals surface area contributed by atoms with Gasteiger partial charge >= 0.3 is 7.67 Å². The van der Waals surface area contributed by atoms with Crippen LogP contribution in [0.2, 0.25) is 0 Å². The van der Waals surface area contributed by atoms with Gasteiger partial charge in [-0.15, -0.1) is 0 Å². The average molecular weight is 446 g/mol. The Balaban J connectivity index is 1.99. The highest BCUT2D eigenvalue weighted by atomic mass is 31.2. The minimum atomic E-state index is -3.49. The van der Waals surface area contributed by atoms with Crippen molar-refractivity contribution in [3.05, 3.63) is 0 Å². The molecule has 166 valence electrons. The fraction of sp³-hybridized carbons (Fsp3) is 1.00. The Morgan fingerprint density at radius 3 is 2.39 bits per heavy atom. The predicted molar refractivity (Wildman–Crippen MR) is 102 cm³/mol. The van der Waals surface area contributed by atoms with Gasteiger partial charge in [-0.3, -0.25) is 9.13 Å². The van der Waals surface area contributed by atoms with Gasteiger partial charge in [0, 0.05) is 19.6 Å². The maximum Gasteiger partial charge on any atom is 0.345 e. The molecule has 2 aliphatic rings. The van der Waals surface area contributed by atoms with E-state index in [1.54, 1.807) is 28.2 Å². The molecule has 3 N–H and O–H groups in total. The molecule has 0 aromatic carbocycles. The van der Waals surface area contributed by atoms with Crippen molar-refractivity contribution in [3.63, 3.8) is 0 Å². The van der Waals surface area contributed by atoms with E-state index in [0.29, 0.717) is 13.1 Å². The highest BCUT2D eigenvalue weighted by Gasteiger charge is 2.42. The van der Waals surface area contributed by atoms with Crippen LogP contribution in [0, 0.1) is 0 Å². The van der Waals surface area contributed by atoms with Crippen molar-refractivity contribution in [1.82, 2.24) is 19.3 Å². The van der Waals surface area contributed by atoms with Gasteiger partial charge in [0.25, 0.3) is 8.18 Å². The van der Waals surface area contributed by atoms with Gasteiger partial charge in [-0.1, -0.05) is 0 Å². The molecule has 0 radical (unpaired) electrons. The Hall–Kier alpha value is 0.0600. The number of hydrogen-bond acceptors (Lipinski definition) is 9. The number of nitrogens with one attached hydrogen (secondary N) is 1. The molecule has 14 heteroatoms. The second-order valence-corrected chi connectivity index (χ2v) is 11.4. The van der Waals surface area contributed by atoms with Crippen LogP contribution in [0.1, 0.15) is 0 Å². The SMILES string of the molecule is CN(C)[PH](=O)OC[C@@H]1CN(P(=O)(OC[C@@H]2CNC[C@H](O)O2)N(C)C)C[C@H](O)O1. The molecular formula is C14H32N4O8P2. The van der Waals surface area contributed by atoms with E-state index in [0.717, 1.165) is 0 Å². The third-order valence-corrected chi connectivity index (χ3v) is 7.90. The molecule has 0 aliphatic carbocycles. The van der Waals surface area contributed by atoms with Crippen LogP contribution in [0.4, 0.5) is 0 Å². The monoisotopic (exact) mass is 446 g/mol. The highest BCUT2D eigenvalue weighted by molar-refractivity contribution is 7.53. The lowest BCUT2D eigenvalue weighted by Crippen LogP contribution is -2.50. The summed E-state index contributed by atoms with van der Waals surface area (Å²) in [4.78, 5) is 0. The lowest BCUT2D eigenvalue weighted by atomic mass is 10.3. The first-order valence-corrected chi connectivity index (χ1v) is 11.8. The molecule has 2 fully saturated rings. The summed E-state index contributed by atoms with van der Waals surface area (Å²) in [5.41, 5.74) is 0. The molecule has 0 spiro atoms. The average Bonchev–Trinajstić information content (AvgIpc) is 2.63. The standard InChI is InChI=1S/C14H32N4O8P2/c1-16(2)27(21)23-9-12-7-18(8-14(20)26-12)28(22,17(3)4)24-10-11-5-15-6-13(19)25-11/h11-15,19-20,27H,5-10H2,1-4H3/t11-,12-,13+,14+,28?/m0/s1. The van der Waals surface area contributed by atoms with Crippen molar-refractivity contribution < 1.29 is 37.9 Å². The van der Waals surface area contributed by atoms with Crippen LogP contribution < -0.4 is 5.32 Å². The Morgan fingerprint density at radius 1 is 1.11 bits per heavy atom. The Bertz CT molecular complexity index is 569. The molecule has 0 aromatic heterocycles. The van der Waals surface area contributed by atoms with Crippen molar-refractivity contribution in [1.29, 1.82) is 0 Å². The van der Waals surface area contributed by atoms with E-state index in [9.17, 15) is 19.3 Å². The van der Waals surface area contributed by atoms with Gasteiger partial charge in [0.15, 0.2) is 12.6 Å². The number of β-amino-alcohol motifs (C(OH)–C–C–N with tert-alkyl or cyclic N) is 2. The number of morpholine rings is 2. The zero-order chi connectivity index (χ0) is 20.9. The Labute approximate surface area is 166 Å². The van der Waals surface area contributed by atoms with E-state index in [1.165, 1.54) is 14.0 Å². The van der Waals surface area contributed by atoms with Crippen molar-refractivity contribution in [3.8, 4) is 0 Å². The van der Waals surface area contributed by atoms with Crippen LogP contribution in [0.15, 0.2) is 0 Å². The first kappa shape index (κ1) is 24.3. The number of ether oxygens (including phenoxy) is 2. The molecule has 2 rings (SSSR count). The summed E-state index contributed by atoms with van der Waals surface area (Å²) in [6.07, 6.45) is -3.19. The number of rotatable bonds is 9. The van der Waals surface area contributed by atoms with Crippen molar-refractivity contribution in [2.45, 2.75) is 24.8 Å².